The van der Waals surface area contributed by atoms with E-state index >= 15 is 0 Å². The van der Waals surface area contributed by atoms with Gasteiger partial charge < -0.3 is 20.1 Å². The second-order valence-electron chi connectivity index (χ2n) is 12.1. The Labute approximate surface area is 333 Å². The number of aromatic nitrogens is 2. The van der Waals surface area contributed by atoms with Gasteiger partial charge in [0, 0.05) is 32.6 Å². The summed E-state index contributed by atoms with van der Waals surface area (Å²) in [4.78, 5) is 37.0. The number of hydrogen-bond donors (Lipinski definition) is 7. The highest BCUT2D eigenvalue weighted by molar-refractivity contribution is 7.87. The van der Waals surface area contributed by atoms with E-state index in [0.29, 0.717) is 52.5 Å². The van der Waals surface area contributed by atoms with Crippen molar-refractivity contribution in [2.75, 3.05) is 18.6 Å². The number of anilines is 1. The van der Waals surface area contributed by atoms with Crippen molar-refractivity contribution in [3.8, 4) is 11.6 Å². The van der Waals surface area contributed by atoms with Crippen molar-refractivity contribution >= 4 is 81.8 Å². The standard InChI is InChI=1S/C31H29N7O17S4/c1-16(32)55-29-21(31(42)38(35-29)23-15-19(57(46,47)48)8-12-25(23)59(52,53)54)10-6-17(36-13-3-4-26(36)39)5-9-20-27(28(40)33-2)34-37(30(20)41)22-14-18(56(43,44)45)7-11-24(22)58(49,50)51/h5-12,14-15,32,41H,3-4,13H2,1-2H3,(H,33,40)(H,43,44,45)(H,46,47,48)(H,49,50,51)(H,52,53,54)/b9-5?,17-6?,21-10-,32-16?. The van der Waals surface area contributed by atoms with Crippen LogP contribution in [-0.2, 0) is 54.8 Å². The number of amides is 3. The van der Waals surface area contributed by atoms with Crippen molar-refractivity contribution in [1.82, 2.24) is 20.0 Å². The number of benzene rings is 2. The van der Waals surface area contributed by atoms with Crippen LogP contribution in [0.2, 0.25) is 0 Å². The van der Waals surface area contributed by atoms with Crippen LogP contribution in [0.15, 0.2) is 90.6 Å². The number of aromatic hydroxyl groups is 1. The van der Waals surface area contributed by atoms with Crippen LogP contribution >= 0.6 is 0 Å². The monoisotopic (exact) mass is 899 g/mol. The summed E-state index contributed by atoms with van der Waals surface area (Å²) in [5.74, 6) is -4.97. The number of ether oxygens (including phenoxy) is 1. The van der Waals surface area contributed by atoms with Gasteiger partial charge in [-0.3, -0.25) is 38.0 Å². The molecule has 7 N–H and O–H groups in total. The zero-order valence-electron chi connectivity index (χ0n) is 29.9. The Balaban J connectivity index is 1.70. The van der Waals surface area contributed by atoms with Crippen LogP contribution in [0, 0.1) is 5.41 Å². The maximum absolute atomic E-state index is 13.8. The fourth-order valence-electron chi connectivity index (χ4n) is 5.53. The van der Waals surface area contributed by atoms with Crippen LogP contribution in [0.25, 0.3) is 11.8 Å². The summed E-state index contributed by atoms with van der Waals surface area (Å²) in [5, 5.41) is 29.4. The molecular formula is C31H29N7O17S4. The highest BCUT2D eigenvalue weighted by Gasteiger charge is 2.37. The number of carbonyl (C=O) groups is 3. The van der Waals surface area contributed by atoms with Gasteiger partial charge in [-0.2, -0.15) is 48.5 Å². The predicted octanol–water partition coefficient (Wildman–Crippen LogP) is 0.744. The van der Waals surface area contributed by atoms with Gasteiger partial charge in [0.25, 0.3) is 58.2 Å². The predicted molar refractivity (Wildman–Crippen MR) is 200 cm³/mol. The van der Waals surface area contributed by atoms with Crippen LogP contribution in [0.3, 0.4) is 0 Å². The van der Waals surface area contributed by atoms with Crippen molar-refractivity contribution in [2.45, 2.75) is 39.3 Å². The van der Waals surface area contributed by atoms with E-state index in [-0.39, 0.29) is 18.7 Å². The molecule has 2 aliphatic rings. The molecule has 0 bridgehead atoms. The molecule has 0 spiro atoms. The Morgan fingerprint density at radius 1 is 0.881 bits per heavy atom. The lowest BCUT2D eigenvalue weighted by Crippen LogP contribution is -2.24. The molecular weight excluding hydrogens is 871 g/mol. The largest absolute Gasteiger partial charge is 0.493 e. The topological polar surface area (TPSA) is 371 Å². The molecule has 0 aliphatic carbocycles. The van der Waals surface area contributed by atoms with E-state index < -0.39 is 124 Å². The van der Waals surface area contributed by atoms with Crippen molar-refractivity contribution in [3.05, 3.63) is 77.2 Å². The van der Waals surface area contributed by atoms with Gasteiger partial charge in [-0.05, 0) is 67.1 Å². The minimum Gasteiger partial charge on any atom is -0.493 e. The average Bonchev–Trinajstić information content (AvgIpc) is 3.79. The first-order valence-electron chi connectivity index (χ1n) is 16.0. The van der Waals surface area contributed by atoms with E-state index in [0.717, 1.165) is 38.3 Å². The molecule has 3 heterocycles. The molecule has 5 rings (SSSR count). The number of carbonyl (C=O) groups excluding carboxylic acids is 3. The van der Waals surface area contributed by atoms with Crippen LogP contribution in [-0.4, -0.2) is 115 Å². The second-order valence-corrected chi connectivity index (χ2v) is 17.7. The van der Waals surface area contributed by atoms with Gasteiger partial charge in [-0.15, -0.1) is 5.10 Å². The minimum absolute atomic E-state index is 0.0367. The van der Waals surface area contributed by atoms with E-state index in [1.807, 2.05) is 0 Å². The second kappa shape index (κ2) is 15.9. The summed E-state index contributed by atoms with van der Waals surface area (Å²) in [6.07, 6.45) is 4.59. The highest BCUT2D eigenvalue weighted by atomic mass is 32.2. The number of hydrazone groups is 1. The van der Waals surface area contributed by atoms with Gasteiger partial charge in [0.15, 0.2) is 11.6 Å². The molecule has 2 aliphatic heterocycles. The molecule has 2 aromatic carbocycles. The van der Waals surface area contributed by atoms with E-state index in [1.165, 1.54) is 4.90 Å². The Morgan fingerprint density at radius 3 is 1.93 bits per heavy atom. The van der Waals surface area contributed by atoms with Crippen LogP contribution in [0.4, 0.5) is 5.69 Å². The summed E-state index contributed by atoms with van der Waals surface area (Å²) < 4.78 is 141. The van der Waals surface area contributed by atoms with Crippen molar-refractivity contribution in [1.29, 1.82) is 5.41 Å². The number of nitrogens with zero attached hydrogens (tertiary/aromatic N) is 5. The van der Waals surface area contributed by atoms with Gasteiger partial charge >= 0.3 is 0 Å². The Morgan fingerprint density at radius 2 is 1.44 bits per heavy atom. The van der Waals surface area contributed by atoms with Crippen LogP contribution in [0.1, 0.15) is 35.8 Å². The fourth-order valence-corrected chi connectivity index (χ4v) is 7.83. The zero-order valence-corrected chi connectivity index (χ0v) is 33.2. The van der Waals surface area contributed by atoms with Crippen molar-refractivity contribution in [2.24, 2.45) is 5.10 Å². The molecule has 1 saturated heterocycles. The van der Waals surface area contributed by atoms with Crippen LogP contribution in [0.5, 0.6) is 5.88 Å². The number of rotatable bonds is 11. The maximum atomic E-state index is 13.8. The molecule has 0 saturated carbocycles. The first-order valence-corrected chi connectivity index (χ1v) is 21.8. The van der Waals surface area contributed by atoms with Gasteiger partial charge in [-0.25, -0.2) is 0 Å². The van der Waals surface area contributed by atoms with Crippen molar-refractivity contribution in [3.63, 3.8) is 0 Å². The third-order valence-electron chi connectivity index (χ3n) is 8.13. The molecule has 314 valence electrons. The molecule has 3 aromatic rings. The fraction of sp³-hybridized carbons (Fsp3) is 0.161. The quantitative estimate of drug-likeness (QED) is 0.0459. The van der Waals surface area contributed by atoms with Gasteiger partial charge in [0.05, 0.1) is 26.7 Å². The third kappa shape index (κ3) is 9.28. The number of hydrogen-bond acceptors (Lipinski definition) is 16. The molecule has 1 aromatic heterocycles. The summed E-state index contributed by atoms with van der Waals surface area (Å²) in [6.45, 7) is 1.19. The van der Waals surface area contributed by atoms with Crippen molar-refractivity contribution < 1.29 is 76.1 Å². The number of likely N-dealkylation sites (tertiary alicyclic amines) is 1. The molecule has 0 unspecified atom stereocenters. The lowest BCUT2D eigenvalue weighted by atomic mass is 10.1. The first-order chi connectivity index (χ1) is 27.2. The van der Waals surface area contributed by atoms with Gasteiger partial charge in [0.1, 0.15) is 15.4 Å². The van der Waals surface area contributed by atoms with Crippen LogP contribution < -0.4 is 10.3 Å². The van der Waals surface area contributed by atoms with E-state index in [2.05, 4.69) is 15.5 Å². The highest BCUT2D eigenvalue weighted by Crippen LogP contribution is 2.34. The number of allylic oxidation sites excluding steroid dienone is 3. The molecule has 1 fully saturated rings. The van der Waals surface area contributed by atoms with Gasteiger partial charge in [-0.1, -0.05) is 0 Å². The maximum Gasteiger partial charge on any atom is 0.296 e. The molecule has 3 amide bonds. The summed E-state index contributed by atoms with van der Waals surface area (Å²) in [6, 6.07) is 3.45. The summed E-state index contributed by atoms with van der Waals surface area (Å²) in [7, 11) is -19.2. The zero-order chi connectivity index (χ0) is 44.0. The lowest BCUT2D eigenvalue weighted by molar-refractivity contribution is -0.125. The molecule has 28 heteroatoms. The number of nitrogens with one attached hydrogen (secondary N) is 2. The van der Waals surface area contributed by atoms with E-state index in [9.17, 15) is 71.4 Å². The first kappa shape index (κ1) is 44.0. The Kier molecular flexibility index (Phi) is 11.8. The minimum atomic E-state index is -5.18. The van der Waals surface area contributed by atoms with Gasteiger partial charge in [0.2, 0.25) is 11.8 Å². The molecule has 0 radical (unpaired) electrons. The average molecular weight is 900 g/mol. The molecule has 59 heavy (non-hydrogen) atoms. The van der Waals surface area contributed by atoms with E-state index in [1.54, 1.807) is 0 Å². The smallest absolute Gasteiger partial charge is 0.296 e. The molecule has 0 atom stereocenters. The third-order valence-corrected chi connectivity index (χ3v) is 11.6. The summed E-state index contributed by atoms with van der Waals surface area (Å²) in [5.41, 5.74) is -3.46. The van der Waals surface area contributed by atoms with E-state index in [4.69, 9.17) is 10.1 Å². The normalized spacial score (nSPS) is 16.3. The SMILES string of the molecule is CNC(=O)c1nn(-c2cc(S(=O)(=O)O)ccc2S(=O)(=O)O)c(O)c1C=CC(=C/C=C1\C(=O)N(c2cc(S(=O)(=O)O)ccc2S(=O)(=O)O)N=C1OC(C)=N)N1CCCC1=O. The lowest BCUT2D eigenvalue weighted by Gasteiger charge is -2.17. The Bertz CT molecular complexity index is 2930. The molecule has 24 nitrogen and oxygen atoms in total. The Hall–Kier alpha value is -6.14. The summed E-state index contributed by atoms with van der Waals surface area (Å²) >= 11 is 0.